The van der Waals surface area contributed by atoms with Crippen LogP contribution in [-0.2, 0) is 9.59 Å². The Labute approximate surface area is 188 Å². The van der Waals surface area contributed by atoms with Crippen LogP contribution in [-0.4, -0.2) is 23.8 Å². The minimum atomic E-state index is -0.453. The molecule has 6 heteroatoms. The molecular weight excluding hydrogens is 402 g/mol. The number of carbonyl (C=O) groups excluding carboxylic acids is 2. The maximum Gasteiger partial charge on any atom is 0.255 e. The number of carbonyl (C=O) groups is 2. The number of pyridine rings is 1. The summed E-state index contributed by atoms with van der Waals surface area (Å²) < 4.78 is 5.31. The number of benzene rings is 1. The lowest BCUT2D eigenvalue weighted by atomic mass is 9.68. The van der Waals surface area contributed by atoms with E-state index in [2.05, 4.69) is 29.5 Å². The van der Waals surface area contributed by atoms with Crippen molar-refractivity contribution in [3.8, 4) is 5.75 Å². The smallest absolute Gasteiger partial charge is 0.255 e. The lowest BCUT2D eigenvalue weighted by molar-refractivity contribution is -0.118. The summed E-state index contributed by atoms with van der Waals surface area (Å²) in [5.74, 6) is 0.572. The largest absolute Gasteiger partial charge is 0.497 e. The average molecular weight is 432 g/mol. The Balaban J connectivity index is 1.80. The molecule has 4 rings (SSSR count). The van der Waals surface area contributed by atoms with Gasteiger partial charge in [-0.05, 0) is 55.5 Å². The van der Waals surface area contributed by atoms with Crippen molar-refractivity contribution in [2.75, 3.05) is 12.4 Å². The van der Waals surface area contributed by atoms with Crippen LogP contribution in [0.25, 0.3) is 0 Å². The third-order valence-electron chi connectivity index (χ3n) is 6.06. The van der Waals surface area contributed by atoms with Crippen molar-refractivity contribution in [1.82, 2.24) is 10.3 Å². The van der Waals surface area contributed by atoms with E-state index >= 15 is 0 Å². The number of ketones is 1. The number of ether oxygens (including phenoxy) is 1. The normalized spacial score (nSPS) is 19.9. The molecule has 0 bridgehead atoms. The molecule has 2 aliphatic rings. The molecule has 1 aromatic heterocycles. The van der Waals surface area contributed by atoms with Crippen LogP contribution in [0.2, 0.25) is 0 Å². The summed E-state index contributed by atoms with van der Waals surface area (Å²) in [6, 6.07) is 13.1. The Hall–Kier alpha value is -3.41. The van der Waals surface area contributed by atoms with Crippen molar-refractivity contribution < 1.29 is 14.3 Å². The molecule has 1 amide bonds. The first-order chi connectivity index (χ1) is 15.2. The van der Waals surface area contributed by atoms with Gasteiger partial charge in [0.25, 0.3) is 5.91 Å². The number of anilines is 1. The van der Waals surface area contributed by atoms with Gasteiger partial charge in [-0.25, -0.2) is 4.98 Å². The fraction of sp³-hybridized carbons (Fsp3) is 0.346. The highest BCUT2D eigenvalue weighted by Gasteiger charge is 2.42. The SMILES string of the molecule is COc1ccc([C@@H]2C(C(=O)Nc3cccc(C)n3)=C(C)NC3=C2C(=O)CC(C)(C)C3)cc1. The fourth-order valence-corrected chi connectivity index (χ4v) is 4.66. The summed E-state index contributed by atoms with van der Waals surface area (Å²) in [7, 11) is 1.62. The number of allylic oxidation sites excluding steroid dienone is 3. The predicted molar refractivity (Wildman–Crippen MR) is 124 cm³/mol. The van der Waals surface area contributed by atoms with E-state index in [1.807, 2.05) is 50.2 Å². The second-order valence-corrected chi connectivity index (χ2v) is 9.32. The molecule has 2 aromatic rings. The first kappa shape index (κ1) is 21.8. The van der Waals surface area contributed by atoms with Crippen LogP contribution >= 0.6 is 0 Å². The van der Waals surface area contributed by atoms with E-state index in [4.69, 9.17) is 4.74 Å². The Morgan fingerprint density at radius 3 is 2.50 bits per heavy atom. The van der Waals surface area contributed by atoms with E-state index in [1.54, 1.807) is 13.2 Å². The maximum atomic E-state index is 13.5. The molecule has 0 unspecified atom stereocenters. The zero-order chi connectivity index (χ0) is 23.0. The molecular formula is C26H29N3O3. The average Bonchev–Trinajstić information content (AvgIpc) is 2.71. The number of hydrogen-bond donors (Lipinski definition) is 2. The molecule has 0 fully saturated rings. The Bertz CT molecular complexity index is 1140. The number of Topliss-reactive ketones (excluding diaryl/α,β-unsaturated/α-hetero) is 1. The van der Waals surface area contributed by atoms with Crippen molar-refractivity contribution >= 4 is 17.5 Å². The number of rotatable bonds is 4. The van der Waals surface area contributed by atoms with Gasteiger partial charge in [-0.2, -0.15) is 0 Å². The lowest BCUT2D eigenvalue weighted by Crippen LogP contribution is -2.39. The Kier molecular flexibility index (Phi) is 5.63. The van der Waals surface area contributed by atoms with Crippen LogP contribution in [0.3, 0.4) is 0 Å². The molecule has 166 valence electrons. The first-order valence-electron chi connectivity index (χ1n) is 10.8. The third-order valence-corrected chi connectivity index (χ3v) is 6.06. The van der Waals surface area contributed by atoms with Gasteiger partial charge in [0.15, 0.2) is 5.78 Å². The van der Waals surface area contributed by atoms with Gasteiger partial charge in [-0.1, -0.05) is 32.0 Å². The molecule has 2 N–H and O–H groups in total. The number of aryl methyl sites for hydroxylation is 1. The molecule has 6 nitrogen and oxygen atoms in total. The molecule has 0 radical (unpaired) electrons. The number of hydrogen-bond acceptors (Lipinski definition) is 5. The van der Waals surface area contributed by atoms with E-state index in [9.17, 15) is 9.59 Å². The van der Waals surface area contributed by atoms with E-state index < -0.39 is 5.92 Å². The van der Waals surface area contributed by atoms with Gasteiger partial charge in [-0.15, -0.1) is 0 Å². The van der Waals surface area contributed by atoms with Gasteiger partial charge in [0.1, 0.15) is 11.6 Å². The maximum absolute atomic E-state index is 13.5. The summed E-state index contributed by atoms with van der Waals surface area (Å²) in [6.45, 7) is 7.97. The van der Waals surface area contributed by atoms with Crippen LogP contribution < -0.4 is 15.4 Å². The second-order valence-electron chi connectivity index (χ2n) is 9.32. The quantitative estimate of drug-likeness (QED) is 0.737. The van der Waals surface area contributed by atoms with Gasteiger partial charge >= 0.3 is 0 Å². The molecule has 0 saturated heterocycles. The number of nitrogens with one attached hydrogen (secondary N) is 2. The molecule has 32 heavy (non-hydrogen) atoms. The molecule has 0 spiro atoms. The van der Waals surface area contributed by atoms with Crippen molar-refractivity contribution in [1.29, 1.82) is 0 Å². The van der Waals surface area contributed by atoms with Gasteiger partial charge in [0, 0.05) is 40.6 Å². The van der Waals surface area contributed by atoms with E-state index in [0.29, 0.717) is 23.4 Å². The minimum absolute atomic E-state index is 0.0797. The molecule has 1 aliphatic heterocycles. The van der Waals surface area contributed by atoms with Crippen molar-refractivity contribution in [2.45, 2.75) is 46.5 Å². The zero-order valence-corrected chi connectivity index (χ0v) is 19.2. The highest BCUT2D eigenvalue weighted by atomic mass is 16.5. The summed E-state index contributed by atoms with van der Waals surface area (Å²) in [6.07, 6.45) is 1.21. The standard InChI is InChI=1S/C26H29N3O3/c1-15-7-6-8-21(27-15)29-25(31)22-16(2)28-19-13-26(3,4)14-20(30)24(19)23(22)17-9-11-18(32-5)12-10-17/h6-12,23,28H,13-14H2,1-5H3,(H,27,29,31)/t23-/m1/s1. The summed E-state index contributed by atoms with van der Waals surface area (Å²) in [5.41, 5.74) is 4.45. The summed E-state index contributed by atoms with van der Waals surface area (Å²) >= 11 is 0. The number of dihydropyridines is 1. The second kappa shape index (κ2) is 8.26. The Morgan fingerprint density at radius 2 is 1.84 bits per heavy atom. The first-order valence-corrected chi connectivity index (χ1v) is 10.8. The van der Waals surface area contributed by atoms with Crippen molar-refractivity contribution in [2.24, 2.45) is 5.41 Å². The molecule has 2 heterocycles. The predicted octanol–water partition coefficient (Wildman–Crippen LogP) is 4.64. The van der Waals surface area contributed by atoms with Gasteiger partial charge in [-0.3, -0.25) is 9.59 Å². The molecule has 1 aromatic carbocycles. The van der Waals surface area contributed by atoms with E-state index in [0.717, 1.165) is 34.8 Å². The number of methoxy groups -OCH3 is 1. The molecule has 1 aliphatic carbocycles. The van der Waals surface area contributed by atoms with Crippen molar-refractivity contribution in [3.05, 3.63) is 76.3 Å². The lowest BCUT2D eigenvalue weighted by Gasteiger charge is -2.39. The molecule has 1 atom stereocenters. The zero-order valence-electron chi connectivity index (χ0n) is 19.2. The van der Waals surface area contributed by atoms with Gasteiger partial charge in [0.05, 0.1) is 7.11 Å². The van der Waals surface area contributed by atoms with Crippen LogP contribution in [0.4, 0.5) is 5.82 Å². The number of amides is 1. The van der Waals surface area contributed by atoms with Crippen molar-refractivity contribution in [3.63, 3.8) is 0 Å². The number of nitrogens with zero attached hydrogens (tertiary/aromatic N) is 1. The van der Waals surface area contributed by atoms with Crippen LogP contribution in [0.5, 0.6) is 5.75 Å². The Morgan fingerprint density at radius 1 is 1.12 bits per heavy atom. The fourth-order valence-electron chi connectivity index (χ4n) is 4.66. The van der Waals surface area contributed by atoms with E-state index in [-0.39, 0.29) is 17.1 Å². The monoisotopic (exact) mass is 431 g/mol. The van der Waals surface area contributed by atoms with Gasteiger partial charge in [0.2, 0.25) is 0 Å². The third kappa shape index (κ3) is 4.17. The van der Waals surface area contributed by atoms with E-state index in [1.165, 1.54) is 0 Å². The number of aromatic nitrogens is 1. The summed E-state index contributed by atoms with van der Waals surface area (Å²) in [5, 5.41) is 6.31. The highest BCUT2D eigenvalue weighted by molar-refractivity contribution is 6.09. The van der Waals surface area contributed by atoms with Crippen LogP contribution in [0.15, 0.2) is 65.0 Å². The minimum Gasteiger partial charge on any atom is -0.497 e. The van der Waals surface area contributed by atoms with Crippen LogP contribution in [0.1, 0.15) is 50.8 Å². The van der Waals surface area contributed by atoms with Gasteiger partial charge < -0.3 is 15.4 Å². The molecule has 0 saturated carbocycles. The highest BCUT2D eigenvalue weighted by Crippen LogP contribution is 2.46. The topological polar surface area (TPSA) is 80.3 Å². The van der Waals surface area contributed by atoms with Crippen LogP contribution in [0, 0.1) is 12.3 Å². The summed E-state index contributed by atoms with van der Waals surface area (Å²) in [4.78, 5) is 31.2.